The lowest BCUT2D eigenvalue weighted by molar-refractivity contribution is -0.0412. The Morgan fingerprint density at radius 3 is 3.14 bits per heavy atom. The van der Waals surface area contributed by atoms with Gasteiger partial charge in [0.25, 0.3) is 0 Å². The average Bonchev–Trinajstić information content (AvgIpc) is 2.63. The molecule has 0 aliphatic heterocycles. The fourth-order valence-corrected chi connectivity index (χ4v) is 2.69. The van der Waals surface area contributed by atoms with Gasteiger partial charge in [-0.1, -0.05) is 24.3 Å². The molecule has 1 aliphatic rings. The summed E-state index contributed by atoms with van der Waals surface area (Å²) in [4.78, 5) is 0. The van der Waals surface area contributed by atoms with E-state index in [9.17, 15) is 5.11 Å². The maximum atomic E-state index is 10.4. The normalized spacial score (nSPS) is 33.1. The standard InChI is InChI=1S/C10H16N2OS/c1-8-4-2-3-5-10(8,13)6-9-7-14-12-11-9/h7-8,13H,2-6H2,1H3. The Kier molecular flexibility index (Phi) is 2.83. The van der Waals surface area contributed by atoms with E-state index in [0.29, 0.717) is 12.3 Å². The highest BCUT2D eigenvalue weighted by atomic mass is 32.1. The molecule has 1 aliphatic carbocycles. The van der Waals surface area contributed by atoms with Crippen molar-refractivity contribution in [3.05, 3.63) is 11.1 Å². The van der Waals surface area contributed by atoms with E-state index >= 15 is 0 Å². The summed E-state index contributed by atoms with van der Waals surface area (Å²) >= 11 is 1.36. The predicted molar refractivity (Wildman–Crippen MR) is 56.2 cm³/mol. The molecule has 78 valence electrons. The van der Waals surface area contributed by atoms with E-state index in [-0.39, 0.29) is 0 Å². The molecule has 0 radical (unpaired) electrons. The van der Waals surface area contributed by atoms with Crippen LogP contribution in [0.15, 0.2) is 5.38 Å². The first-order valence-electron chi connectivity index (χ1n) is 5.19. The van der Waals surface area contributed by atoms with Crippen LogP contribution in [-0.2, 0) is 6.42 Å². The summed E-state index contributed by atoms with van der Waals surface area (Å²) < 4.78 is 3.82. The van der Waals surface area contributed by atoms with Gasteiger partial charge in [-0.2, -0.15) is 0 Å². The molecule has 1 aromatic heterocycles. The average molecular weight is 212 g/mol. The highest BCUT2D eigenvalue weighted by Gasteiger charge is 2.36. The maximum absolute atomic E-state index is 10.4. The predicted octanol–water partition coefficient (Wildman–Crippen LogP) is 2.02. The minimum absolute atomic E-state index is 0.387. The van der Waals surface area contributed by atoms with Crippen LogP contribution in [-0.4, -0.2) is 20.3 Å². The van der Waals surface area contributed by atoms with E-state index in [1.54, 1.807) is 0 Å². The Balaban J connectivity index is 2.07. The van der Waals surface area contributed by atoms with Gasteiger partial charge in [0.1, 0.15) is 0 Å². The highest BCUT2D eigenvalue weighted by Crippen LogP contribution is 2.35. The fraction of sp³-hybridized carbons (Fsp3) is 0.800. The third-order valence-corrected chi connectivity index (χ3v) is 3.86. The minimum atomic E-state index is -0.534. The van der Waals surface area contributed by atoms with Gasteiger partial charge >= 0.3 is 0 Å². The fourth-order valence-electron chi connectivity index (χ4n) is 2.23. The van der Waals surface area contributed by atoms with Crippen LogP contribution in [0.4, 0.5) is 0 Å². The van der Waals surface area contributed by atoms with Gasteiger partial charge in [0.05, 0.1) is 11.3 Å². The molecule has 0 saturated heterocycles. The maximum Gasteiger partial charge on any atom is 0.0784 e. The molecule has 0 spiro atoms. The molecule has 1 aromatic rings. The van der Waals surface area contributed by atoms with Crippen LogP contribution in [0.2, 0.25) is 0 Å². The van der Waals surface area contributed by atoms with Gasteiger partial charge in [-0.05, 0) is 30.3 Å². The third-order valence-electron chi connectivity index (χ3n) is 3.31. The Morgan fingerprint density at radius 2 is 2.50 bits per heavy atom. The Labute approximate surface area is 88.3 Å². The molecule has 2 unspecified atom stereocenters. The van der Waals surface area contributed by atoms with Crippen molar-refractivity contribution in [2.24, 2.45) is 5.92 Å². The molecule has 14 heavy (non-hydrogen) atoms. The van der Waals surface area contributed by atoms with E-state index in [2.05, 4.69) is 16.5 Å². The summed E-state index contributed by atoms with van der Waals surface area (Å²) in [5.41, 5.74) is 0.403. The first kappa shape index (κ1) is 10.1. The van der Waals surface area contributed by atoms with E-state index in [0.717, 1.165) is 25.0 Å². The smallest absolute Gasteiger partial charge is 0.0784 e. The summed E-state index contributed by atoms with van der Waals surface area (Å²) in [6.07, 6.45) is 5.10. The lowest BCUT2D eigenvalue weighted by Crippen LogP contribution is -2.41. The molecule has 1 fully saturated rings. The van der Waals surface area contributed by atoms with Crippen LogP contribution in [0, 0.1) is 5.92 Å². The quantitative estimate of drug-likeness (QED) is 0.815. The second-order valence-electron chi connectivity index (χ2n) is 4.32. The lowest BCUT2D eigenvalue weighted by atomic mass is 9.74. The first-order valence-corrected chi connectivity index (χ1v) is 6.03. The van der Waals surface area contributed by atoms with Crippen LogP contribution in [0.5, 0.6) is 0 Å². The monoisotopic (exact) mass is 212 g/mol. The summed E-state index contributed by atoms with van der Waals surface area (Å²) in [7, 11) is 0. The molecule has 2 atom stereocenters. The molecule has 4 heteroatoms. The summed E-state index contributed by atoms with van der Waals surface area (Å²) in [6.45, 7) is 2.14. The van der Waals surface area contributed by atoms with Gasteiger partial charge < -0.3 is 5.11 Å². The van der Waals surface area contributed by atoms with Crippen LogP contribution in [0.3, 0.4) is 0 Å². The molecule has 2 rings (SSSR count). The van der Waals surface area contributed by atoms with Crippen molar-refractivity contribution in [1.82, 2.24) is 9.59 Å². The van der Waals surface area contributed by atoms with Crippen molar-refractivity contribution in [2.75, 3.05) is 0 Å². The Morgan fingerprint density at radius 1 is 1.64 bits per heavy atom. The number of aromatic nitrogens is 2. The highest BCUT2D eigenvalue weighted by molar-refractivity contribution is 7.03. The van der Waals surface area contributed by atoms with E-state index in [1.165, 1.54) is 18.0 Å². The second-order valence-corrected chi connectivity index (χ2v) is 4.93. The summed E-state index contributed by atoms with van der Waals surface area (Å²) in [6, 6.07) is 0. The number of rotatable bonds is 2. The molecule has 1 heterocycles. The van der Waals surface area contributed by atoms with Crippen molar-refractivity contribution in [3.63, 3.8) is 0 Å². The van der Waals surface area contributed by atoms with Crippen molar-refractivity contribution in [3.8, 4) is 0 Å². The largest absolute Gasteiger partial charge is 0.389 e. The number of aliphatic hydroxyl groups is 1. The Bertz CT molecular complexity index is 288. The van der Waals surface area contributed by atoms with Crippen LogP contribution < -0.4 is 0 Å². The molecular weight excluding hydrogens is 196 g/mol. The molecule has 1 saturated carbocycles. The zero-order valence-corrected chi connectivity index (χ0v) is 9.26. The lowest BCUT2D eigenvalue weighted by Gasteiger charge is -2.37. The van der Waals surface area contributed by atoms with Crippen molar-refractivity contribution in [1.29, 1.82) is 0 Å². The van der Waals surface area contributed by atoms with Crippen molar-refractivity contribution >= 4 is 11.5 Å². The molecular formula is C10H16N2OS. The zero-order valence-electron chi connectivity index (χ0n) is 8.44. The molecule has 3 nitrogen and oxygen atoms in total. The molecule has 0 bridgehead atoms. The number of hydrogen-bond acceptors (Lipinski definition) is 4. The molecule has 1 N–H and O–H groups in total. The minimum Gasteiger partial charge on any atom is -0.389 e. The van der Waals surface area contributed by atoms with Gasteiger partial charge in [-0.25, -0.2) is 0 Å². The van der Waals surface area contributed by atoms with Crippen LogP contribution >= 0.6 is 11.5 Å². The molecule has 0 aromatic carbocycles. The second kappa shape index (κ2) is 3.95. The third kappa shape index (κ3) is 1.96. The van der Waals surface area contributed by atoms with Crippen molar-refractivity contribution < 1.29 is 5.11 Å². The number of nitrogens with zero attached hydrogens (tertiary/aromatic N) is 2. The SMILES string of the molecule is CC1CCCCC1(O)Cc1csnn1. The van der Waals surface area contributed by atoms with Crippen molar-refractivity contribution in [2.45, 2.75) is 44.6 Å². The molecule has 0 amide bonds. The van der Waals surface area contributed by atoms with Gasteiger partial charge in [0, 0.05) is 11.8 Å². The van der Waals surface area contributed by atoms with Gasteiger partial charge in [-0.3, -0.25) is 0 Å². The van der Waals surface area contributed by atoms with E-state index in [4.69, 9.17) is 0 Å². The van der Waals surface area contributed by atoms with Gasteiger partial charge in [0.2, 0.25) is 0 Å². The summed E-state index contributed by atoms with van der Waals surface area (Å²) in [5.74, 6) is 0.387. The summed E-state index contributed by atoms with van der Waals surface area (Å²) in [5, 5.41) is 16.4. The van der Waals surface area contributed by atoms with Crippen LogP contribution in [0.1, 0.15) is 38.3 Å². The van der Waals surface area contributed by atoms with Gasteiger partial charge in [-0.15, -0.1) is 5.10 Å². The first-order chi connectivity index (χ1) is 6.71. The van der Waals surface area contributed by atoms with Gasteiger partial charge in [0.15, 0.2) is 0 Å². The zero-order chi connectivity index (χ0) is 10.0. The number of hydrogen-bond donors (Lipinski definition) is 1. The Hall–Kier alpha value is -0.480. The van der Waals surface area contributed by atoms with E-state index < -0.39 is 5.60 Å². The van der Waals surface area contributed by atoms with Crippen LogP contribution in [0.25, 0.3) is 0 Å². The topological polar surface area (TPSA) is 46.0 Å². The van der Waals surface area contributed by atoms with E-state index in [1.807, 2.05) is 5.38 Å².